The molecule has 3 amide bonds. The van der Waals surface area contributed by atoms with E-state index < -0.39 is 0 Å². The second kappa shape index (κ2) is 8.79. The van der Waals surface area contributed by atoms with E-state index in [1.165, 1.54) is 6.92 Å². The summed E-state index contributed by atoms with van der Waals surface area (Å²) < 4.78 is 0. The summed E-state index contributed by atoms with van der Waals surface area (Å²) in [4.78, 5) is 39.7. The predicted octanol–water partition coefficient (Wildman–Crippen LogP) is 2.27. The Morgan fingerprint density at radius 1 is 1.00 bits per heavy atom. The third-order valence-electron chi connectivity index (χ3n) is 6.14. The van der Waals surface area contributed by atoms with E-state index in [0.717, 1.165) is 37.4 Å². The molecular weight excluding hydrogens is 392 g/mol. The number of primary amides is 1. The lowest BCUT2D eigenvalue weighted by Gasteiger charge is -2.24. The molecule has 2 aliphatic rings. The van der Waals surface area contributed by atoms with Gasteiger partial charge in [0.15, 0.2) is 0 Å². The van der Waals surface area contributed by atoms with Gasteiger partial charge in [0.1, 0.15) is 0 Å². The van der Waals surface area contributed by atoms with Crippen molar-refractivity contribution in [1.82, 2.24) is 4.90 Å². The molecule has 2 aromatic rings. The van der Waals surface area contributed by atoms with Crippen molar-refractivity contribution < 1.29 is 14.4 Å². The number of carbonyl (C=O) groups is 3. The third-order valence-corrected chi connectivity index (χ3v) is 6.14. The molecule has 0 radical (unpaired) electrons. The van der Waals surface area contributed by atoms with Gasteiger partial charge in [-0.1, -0.05) is 18.2 Å². The molecule has 7 heteroatoms. The maximum atomic E-state index is 13.0. The molecule has 2 aromatic carbocycles. The monoisotopic (exact) mass is 420 g/mol. The van der Waals surface area contributed by atoms with Gasteiger partial charge in [-0.05, 0) is 42.3 Å². The summed E-state index contributed by atoms with van der Waals surface area (Å²) in [6.45, 7) is 4.77. The van der Waals surface area contributed by atoms with E-state index in [2.05, 4.69) is 22.3 Å². The molecule has 4 rings (SSSR count). The van der Waals surface area contributed by atoms with Crippen molar-refractivity contribution >= 4 is 29.1 Å². The molecule has 2 saturated heterocycles. The van der Waals surface area contributed by atoms with Crippen LogP contribution in [-0.2, 0) is 16.0 Å². The first kappa shape index (κ1) is 20.9. The van der Waals surface area contributed by atoms with Crippen molar-refractivity contribution in [2.75, 3.05) is 36.4 Å². The minimum Gasteiger partial charge on any atom is -0.371 e. The van der Waals surface area contributed by atoms with E-state index in [9.17, 15) is 14.4 Å². The summed E-state index contributed by atoms with van der Waals surface area (Å²) in [5.74, 6) is 0.461. The van der Waals surface area contributed by atoms with Crippen LogP contribution >= 0.6 is 0 Å². The normalized spacial score (nSPS) is 19.9. The number of fused-ring (bicyclic) bond motifs is 1. The fourth-order valence-corrected chi connectivity index (χ4v) is 4.66. The van der Waals surface area contributed by atoms with E-state index in [0.29, 0.717) is 35.9 Å². The average molecular weight is 421 g/mol. The number of nitrogens with two attached hydrogens (primary N) is 1. The van der Waals surface area contributed by atoms with Gasteiger partial charge in [0, 0.05) is 68.3 Å². The maximum Gasteiger partial charge on any atom is 0.253 e. The first-order valence-corrected chi connectivity index (χ1v) is 10.7. The Labute approximate surface area is 182 Å². The molecule has 0 spiro atoms. The molecule has 0 bridgehead atoms. The number of benzene rings is 2. The van der Waals surface area contributed by atoms with Gasteiger partial charge in [0.2, 0.25) is 11.8 Å². The molecule has 0 saturated carbocycles. The molecule has 0 aromatic heterocycles. The highest BCUT2D eigenvalue weighted by Gasteiger charge is 2.41. The smallest absolute Gasteiger partial charge is 0.253 e. The summed E-state index contributed by atoms with van der Waals surface area (Å²) >= 11 is 0. The highest BCUT2D eigenvalue weighted by molar-refractivity contribution is 5.97. The SMILES string of the molecule is CC(=O)Nc1cccc(C(=O)N2CC3CN(c4cccc(CCC(N)=O)c4)CC3C2)c1. The Kier molecular flexibility index (Phi) is 5.93. The predicted molar refractivity (Wildman–Crippen MR) is 120 cm³/mol. The Morgan fingerprint density at radius 2 is 1.71 bits per heavy atom. The standard InChI is InChI=1S/C24H28N4O3/c1-16(29)26-21-6-3-5-18(11-21)24(31)28-14-19-12-27(13-20(19)15-28)22-7-2-4-17(10-22)8-9-23(25)30/h2-7,10-11,19-20H,8-9,12-15H2,1H3,(H2,25,30)(H,26,29). The Bertz CT molecular complexity index is 992. The summed E-state index contributed by atoms with van der Waals surface area (Å²) in [5.41, 5.74) is 8.79. The van der Waals surface area contributed by atoms with Gasteiger partial charge in [0.05, 0.1) is 0 Å². The van der Waals surface area contributed by atoms with Crippen molar-refractivity contribution in [3.63, 3.8) is 0 Å². The van der Waals surface area contributed by atoms with Crippen LogP contribution in [0.15, 0.2) is 48.5 Å². The number of carbonyl (C=O) groups excluding carboxylic acids is 3. The van der Waals surface area contributed by atoms with E-state index in [4.69, 9.17) is 5.73 Å². The van der Waals surface area contributed by atoms with Gasteiger partial charge in [-0.2, -0.15) is 0 Å². The highest BCUT2D eigenvalue weighted by Crippen LogP contribution is 2.35. The van der Waals surface area contributed by atoms with Crippen molar-refractivity contribution in [3.8, 4) is 0 Å². The summed E-state index contributed by atoms with van der Waals surface area (Å²) in [6, 6.07) is 15.4. The number of likely N-dealkylation sites (tertiary alicyclic amines) is 1. The van der Waals surface area contributed by atoms with Crippen LogP contribution in [0.4, 0.5) is 11.4 Å². The van der Waals surface area contributed by atoms with Crippen LogP contribution in [-0.4, -0.2) is 48.8 Å². The van der Waals surface area contributed by atoms with E-state index in [-0.39, 0.29) is 17.7 Å². The molecular formula is C24H28N4O3. The summed E-state index contributed by atoms with van der Waals surface area (Å²) in [7, 11) is 0. The van der Waals surface area contributed by atoms with Crippen molar-refractivity contribution in [1.29, 1.82) is 0 Å². The fourth-order valence-electron chi connectivity index (χ4n) is 4.66. The van der Waals surface area contributed by atoms with Gasteiger partial charge < -0.3 is 20.9 Å². The van der Waals surface area contributed by atoms with Crippen molar-refractivity contribution in [2.45, 2.75) is 19.8 Å². The zero-order chi connectivity index (χ0) is 22.0. The largest absolute Gasteiger partial charge is 0.371 e. The van der Waals surface area contributed by atoms with Gasteiger partial charge in [0.25, 0.3) is 5.91 Å². The maximum absolute atomic E-state index is 13.0. The minimum atomic E-state index is -0.284. The molecule has 2 atom stereocenters. The molecule has 31 heavy (non-hydrogen) atoms. The third kappa shape index (κ3) is 4.87. The zero-order valence-corrected chi connectivity index (χ0v) is 17.7. The number of aryl methyl sites for hydroxylation is 1. The number of rotatable bonds is 6. The number of nitrogens with zero attached hydrogens (tertiary/aromatic N) is 2. The summed E-state index contributed by atoms with van der Waals surface area (Å²) in [6.07, 6.45) is 1.01. The van der Waals surface area contributed by atoms with Crippen LogP contribution in [0.2, 0.25) is 0 Å². The fraction of sp³-hybridized carbons (Fsp3) is 0.375. The molecule has 0 aliphatic carbocycles. The van der Waals surface area contributed by atoms with Gasteiger partial charge in [-0.25, -0.2) is 0 Å². The molecule has 2 unspecified atom stereocenters. The topological polar surface area (TPSA) is 95.7 Å². The highest BCUT2D eigenvalue weighted by atomic mass is 16.2. The number of anilines is 2. The van der Waals surface area contributed by atoms with Crippen LogP contribution in [0, 0.1) is 11.8 Å². The summed E-state index contributed by atoms with van der Waals surface area (Å²) in [5, 5.41) is 2.73. The second-order valence-corrected chi connectivity index (χ2v) is 8.53. The van der Waals surface area contributed by atoms with E-state index in [1.54, 1.807) is 24.3 Å². The average Bonchev–Trinajstić information content (AvgIpc) is 3.31. The number of amides is 3. The van der Waals surface area contributed by atoms with Gasteiger partial charge >= 0.3 is 0 Å². The van der Waals surface area contributed by atoms with Gasteiger partial charge in [-0.15, -0.1) is 0 Å². The minimum absolute atomic E-state index is 0.0154. The van der Waals surface area contributed by atoms with E-state index in [1.807, 2.05) is 17.0 Å². The lowest BCUT2D eigenvalue weighted by atomic mass is 10.0. The number of hydrogen-bond acceptors (Lipinski definition) is 4. The van der Waals surface area contributed by atoms with Gasteiger partial charge in [-0.3, -0.25) is 14.4 Å². The lowest BCUT2D eigenvalue weighted by Crippen LogP contribution is -2.33. The Morgan fingerprint density at radius 3 is 2.39 bits per heavy atom. The van der Waals surface area contributed by atoms with Crippen LogP contribution in [0.5, 0.6) is 0 Å². The molecule has 162 valence electrons. The van der Waals surface area contributed by atoms with Crippen molar-refractivity contribution in [3.05, 3.63) is 59.7 Å². The molecule has 2 fully saturated rings. The number of hydrogen-bond donors (Lipinski definition) is 2. The first-order chi connectivity index (χ1) is 14.9. The Hall–Kier alpha value is -3.35. The van der Waals surface area contributed by atoms with E-state index >= 15 is 0 Å². The van der Waals surface area contributed by atoms with Crippen molar-refractivity contribution in [2.24, 2.45) is 17.6 Å². The second-order valence-electron chi connectivity index (χ2n) is 8.53. The van der Waals surface area contributed by atoms with Crippen LogP contribution < -0.4 is 16.0 Å². The number of nitrogens with one attached hydrogen (secondary N) is 1. The Balaban J connectivity index is 1.37. The van der Waals surface area contributed by atoms with Crippen LogP contribution in [0.25, 0.3) is 0 Å². The molecule has 3 N–H and O–H groups in total. The molecule has 7 nitrogen and oxygen atoms in total. The zero-order valence-electron chi connectivity index (χ0n) is 17.7. The molecule has 2 heterocycles. The molecule has 2 aliphatic heterocycles. The quantitative estimate of drug-likeness (QED) is 0.749. The first-order valence-electron chi connectivity index (χ1n) is 10.7. The lowest BCUT2D eigenvalue weighted by molar-refractivity contribution is -0.118. The van der Waals surface area contributed by atoms with Crippen LogP contribution in [0.3, 0.4) is 0 Å². The van der Waals surface area contributed by atoms with Crippen LogP contribution in [0.1, 0.15) is 29.3 Å².